The highest BCUT2D eigenvalue weighted by atomic mass is 32.2. The van der Waals surface area contributed by atoms with Gasteiger partial charge in [-0.2, -0.15) is 0 Å². The number of aryl methyl sites for hydroxylation is 1. The number of carbonyl (C=O) groups is 2. The number of hydrogen-bond donors (Lipinski definition) is 1. The summed E-state index contributed by atoms with van der Waals surface area (Å²) in [4.78, 5) is 28.4. The van der Waals surface area contributed by atoms with E-state index < -0.39 is 28.5 Å². The van der Waals surface area contributed by atoms with Crippen LogP contribution in [0.3, 0.4) is 0 Å². The molecule has 0 bridgehead atoms. The minimum Gasteiger partial charge on any atom is -0.489 e. The van der Waals surface area contributed by atoms with Gasteiger partial charge in [-0.25, -0.2) is 8.42 Å². The van der Waals surface area contributed by atoms with E-state index >= 15 is 0 Å². The highest BCUT2D eigenvalue weighted by molar-refractivity contribution is 7.92. The van der Waals surface area contributed by atoms with Crippen LogP contribution in [0.25, 0.3) is 0 Å². The number of nitrogens with one attached hydrogen (secondary N) is 1. The molecule has 0 aliphatic heterocycles. The average molecular weight is 566 g/mol. The lowest BCUT2D eigenvalue weighted by Gasteiger charge is -2.33. The zero-order valence-electron chi connectivity index (χ0n) is 23.8. The van der Waals surface area contributed by atoms with Gasteiger partial charge in [-0.05, 0) is 68.1 Å². The molecular formula is C31H39N3O5S. The first kappa shape index (κ1) is 30.7. The lowest BCUT2D eigenvalue weighted by Crippen LogP contribution is -2.53. The van der Waals surface area contributed by atoms with Gasteiger partial charge in [0.25, 0.3) is 0 Å². The minimum atomic E-state index is -3.82. The highest BCUT2D eigenvalue weighted by Gasteiger charge is 2.32. The molecule has 0 heterocycles. The Labute approximate surface area is 238 Å². The minimum absolute atomic E-state index is 0.105. The number of ether oxygens (including phenoxy) is 1. The molecule has 214 valence electrons. The SMILES string of the molecule is CCC(C(=O)NC(C)C)N(Cc1ccccc1C)C(=O)CN(c1ccc(OCc2ccccc2)cc1)S(C)(=O)=O. The molecule has 0 aliphatic carbocycles. The van der Waals surface area contributed by atoms with Crippen molar-refractivity contribution >= 4 is 27.5 Å². The van der Waals surface area contributed by atoms with Crippen LogP contribution in [0.1, 0.15) is 43.9 Å². The van der Waals surface area contributed by atoms with Crippen molar-refractivity contribution in [3.8, 4) is 5.75 Å². The molecule has 1 N–H and O–H groups in total. The Morgan fingerprint density at radius 2 is 1.55 bits per heavy atom. The average Bonchev–Trinajstić information content (AvgIpc) is 2.91. The molecule has 0 aliphatic rings. The summed E-state index contributed by atoms with van der Waals surface area (Å²) in [6.45, 7) is 7.61. The first-order valence-electron chi connectivity index (χ1n) is 13.4. The fourth-order valence-electron chi connectivity index (χ4n) is 4.33. The normalized spacial score (nSPS) is 12.1. The second-order valence-electron chi connectivity index (χ2n) is 10.1. The van der Waals surface area contributed by atoms with Crippen LogP contribution in [0.4, 0.5) is 5.69 Å². The number of hydrogen-bond acceptors (Lipinski definition) is 5. The zero-order chi connectivity index (χ0) is 29.3. The largest absolute Gasteiger partial charge is 0.489 e. The lowest BCUT2D eigenvalue weighted by atomic mass is 10.1. The number of carbonyl (C=O) groups excluding carboxylic acids is 2. The second-order valence-corrected chi connectivity index (χ2v) is 12.0. The van der Waals surface area contributed by atoms with Gasteiger partial charge >= 0.3 is 0 Å². The number of nitrogens with zero attached hydrogens (tertiary/aromatic N) is 2. The van der Waals surface area contributed by atoms with Crippen LogP contribution in [0, 0.1) is 6.92 Å². The van der Waals surface area contributed by atoms with E-state index in [0.717, 1.165) is 27.3 Å². The Hall–Kier alpha value is -3.85. The van der Waals surface area contributed by atoms with E-state index in [4.69, 9.17) is 4.74 Å². The Morgan fingerprint density at radius 3 is 2.12 bits per heavy atom. The van der Waals surface area contributed by atoms with E-state index in [1.165, 1.54) is 4.90 Å². The van der Waals surface area contributed by atoms with Gasteiger partial charge in [0.2, 0.25) is 21.8 Å². The highest BCUT2D eigenvalue weighted by Crippen LogP contribution is 2.24. The van der Waals surface area contributed by atoms with Crippen molar-refractivity contribution in [1.29, 1.82) is 0 Å². The Kier molecular flexibility index (Phi) is 10.7. The van der Waals surface area contributed by atoms with Crippen LogP contribution in [-0.4, -0.2) is 50.0 Å². The molecule has 0 aromatic heterocycles. The molecule has 1 atom stereocenters. The molecule has 0 saturated heterocycles. The maximum absolute atomic E-state index is 13.8. The van der Waals surface area contributed by atoms with Gasteiger partial charge in [0.1, 0.15) is 24.9 Å². The summed E-state index contributed by atoms with van der Waals surface area (Å²) in [6.07, 6.45) is 1.44. The van der Waals surface area contributed by atoms with Crippen LogP contribution in [0.2, 0.25) is 0 Å². The first-order valence-corrected chi connectivity index (χ1v) is 15.2. The Morgan fingerprint density at radius 1 is 0.925 bits per heavy atom. The van der Waals surface area contributed by atoms with Crippen LogP contribution < -0.4 is 14.4 Å². The third-order valence-electron chi connectivity index (χ3n) is 6.47. The predicted molar refractivity (Wildman–Crippen MR) is 158 cm³/mol. The molecule has 0 saturated carbocycles. The summed E-state index contributed by atoms with van der Waals surface area (Å²) in [7, 11) is -3.82. The maximum atomic E-state index is 13.8. The summed E-state index contributed by atoms with van der Waals surface area (Å²) < 4.78 is 32.6. The standard InChI is InChI=1S/C31H39N3O5S/c1-6-29(31(36)32-23(2)3)33(20-26-15-11-10-12-24(26)4)30(35)21-34(40(5,37)38)27-16-18-28(19-17-27)39-22-25-13-8-7-9-14-25/h7-19,23,29H,6,20-22H2,1-5H3,(H,32,36). The van der Waals surface area contributed by atoms with Gasteiger partial charge in [0.15, 0.2) is 0 Å². The molecule has 3 aromatic carbocycles. The van der Waals surface area contributed by atoms with Crippen molar-refractivity contribution in [3.05, 3.63) is 95.6 Å². The topological polar surface area (TPSA) is 96.0 Å². The van der Waals surface area contributed by atoms with Crippen LogP contribution in [0.15, 0.2) is 78.9 Å². The van der Waals surface area contributed by atoms with E-state index in [0.29, 0.717) is 24.5 Å². The second kappa shape index (κ2) is 14.0. The maximum Gasteiger partial charge on any atom is 0.244 e. The quantitative estimate of drug-likeness (QED) is 0.325. The number of rotatable bonds is 13. The van der Waals surface area contributed by atoms with Gasteiger partial charge in [0.05, 0.1) is 11.9 Å². The molecule has 8 nitrogen and oxygen atoms in total. The van der Waals surface area contributed by atoms with Gasteiger partial charge < -0.3 is 15.0 Å². The molecule has 0 fully saturated rings. The van der Waals surface area contributed by atoms with Gasteiger partial charge in [-0.1, -0.05) is 61.5 Å². The van der Waals surface area contributed by atoms with Crippen molar-refractivity contribution in [2.24, 2.45) is 0 Å². The molecule has 0 spiro atoms. The lowest BCUT2D eigenvalue weighted by molar-refractivity contribution is -0.140. The number of sulfonamides is 1. The molecule has 3 aromatic rings. The van der Waals surface area contributed by atoms with Gasteiger partial charge in [0, 0.05) is 12.6 Å². The molecule has 3 rings (SSSR count). The van der Waals surface area contributed by atoms with E-state index in [1.54, 1.807) is 24.3 Å². The summed E-state index contributed by atoms with van der Waals surface area (Å²) in [5, 5.41) is 2.90. The fourth-order valence-corrected chi connectivity index (χ4v) is 5.18. The molecule has 1 unspecified atom stereocenters. The van der Waals surface area contributed by atoms with Gasteiger partial charge in [-0.15, -0.1) is 0 Å². The molecule has 40 heavy (non-hydrogen) atoms. The van der Waals surface area contributed by atoms with Gasteiger partial charge in [-0.3, -0.25) is 13.9 Å². The molecule has 2 amide bonds. The first-order chi connectivity index (χ1) is 19.0. The van der Waals surface area contributed by atoms with Crippen LogP contribution in [-0.2, 0) is 32.8 Å². The number of benzene rings is 3. The van der Waals surface area contributed by atoms with Crippen molar-refractivity contribution in [1.82, 2.24) is 10.2 Å². The Bertz CT molecular complexity index is 1380. The van der Waals surface area contributed by atoms with E-state index in [9.17, 15) is 18.0 Å². The summed E-state index contributed by atoms with van der Waals surface area (Å²) in [5.74, 6) is -0.168. The summed E-state index contributed by atoms with van der Waals surface area (Å²) in [5.41, 5.74) is 3.21. The van der Waals surface area contributed by atoms with E-state index in [2.05, 4.69) is 5.32 Å². The van der Waals surface area contributed by atoms with Crippen molar-refractivity contribution < 1.29 is 22.7 Å². The van der Waals surface area contributed by atoms with Crippen LogP contribution in [0.5, 0.6) is 5.75 Å². The smallest absolute Gasteiger partial charge is 0.244 e. The van der Waals surface area contributed by atoms with E-state index in [1.807, 2.05) is 82.3 Å². The number of anilines is 1. The third-order valence-corrected chi connectivity index (χ3v) is 7.61. The van der Waals surface area contributed by atoms with Crippen LogP contribution >= 0.6 is 0 Å². The summed E-state index contributed by atoms with van der Waals surface area (Å²) in [6, 6.07) is 23.1. The van der Waals surface area contributed by atoms with Crippen molar-refractivity contribution in [2.75, 3.05) is 17.1 Å². The Balaban J connectivity index is 1.86. The molecule has 0 radical (unpaired) electrons. The van der Waals surface area contributed by atoms with E-state index in [-0.39, 0.29) is 18.5 Å². The van der Waals surface area contributed by atoms with Crippen molar-refractivity contribution in [3.63, 3.8) is 0 Å². The molecule has 9 heteroatoms. The zero-order valence-corrected chi connectivity index (χ0v) is 24.6. The number of amides is 2. The monoisotopic (exact) mass is 565 g/mol. The fraction of sp³-hybridized carbons (Fsp3) is 0.355. The van der Waals surface area contributed by atoms with Crippen molar-refractivity contribution in [2.45, 2.75) is 59.4 Å². The summed E-state index contributed by atoms with van der Waals surface area (Å²) >= 11 is 0. The molecular weight excluding hydrogens is 526 g/mol. The third kappa shape index (κ3) is 8.58. The predicted octanol–water partition coefficient (Wildman–Crippen LogP) is 4.67.